The van der Waals surface area contributed by atoms with Crippen LogP contribution < -0.4 is 0 Å². The van der Waals surface area contributed by atoms with Crippen LogP contribution in [0.5, 0.6) is 0 Å². The van der Waals surface area contributed by atoms with Gasteiger partial charge in [0.25, 0.3) is 0 Å². The quantitative estimate of drug-likeness (QED) is 0.912. The second-order valence-electron chi connectivity index (χ2n) is 2.71. The zero-order chi connectivity index (χ0) is 10.6. The summed E-state index contributed by atoms with van der Waals surface area (Å²) in [6.07, 6.45) is 0. The maximum Gasteiger partial charge on any atom is 0.316 e. The van der Waals surface area contributed by atoms with E-state index in [9.17, 15) is 9.00 Å². The summed E-state index contributed by atoms with van der Waals surface area (Å²) in [5, 5.41) is 8.43. The van der Waals surface area contributed by atoms with E-state index >= 15 is 0 Å². The van der Waals surface area contributed by atoms with Crippen LogP contribution >= 0.6 is 15.9 Å². The molecule has 1 aromatic rings. The smallest absolute Gasteiger partial charge is 0.316 e. The Morgan fingerprint density at radius 2 is 2.07 bits per heavy atom. The van der Waals surface area contributed by atoms with Gasteiger partial charge in [0.05, 0.1) is 5.75 Å². The van der Waals surface area contributed by atoms with Gasteiger partial charge >= 0.3 is 5.97 Å². The summed E-state index contributed by atoms with van der Waals surface area (Å²) in [6, 6.07) is 7.35. The number of carbonyl (C=O) groups is 1. The summed E-state index contributed by atoms with van der Waals surface area (Å²) in [5.74, 6) is -1.06. The molecule has 0 radical (unpaired) electrons. The Balaban J connectivity index is 2.65. The fraction of sp³-hybridized carbons (Fsp3) is 0.222. The highest BCUT2D eigenvalue weighted by molar-refractivity contribution is 9.10. The van der Waals surface area contributed by atoms with E-state index in [-0.39, 0.29) is 11.5 Å². The molecule has 1 aromatic carbocycles. The summed E-state index contributed by atoms with van der Waals surface area (Å²) < 4.78 is 12.1. The third kappa shape index (κ3) is 3.59. The number of benzene rings is 1. The van der Waals surface area contributed by atoms with Crippen molar-refractivity contribution in [3.63, 3.8) is 0 Å². The summed E-state index contributed by atoms with van der Waals surface area (Å²) in [6.45, 7) is 0. The molecule has 0 aliphatic carbocycles. The molecule has 0 aliphatic heterocycles. The molecule has 76 valence electrons. The largest absolute Gasteiger partial charge is 0.481 e. The van der Waals surface area contributed by atoms with Gasteiger partial charge in [0.2, 0.25) is 0 Å². The lowest BCUT2D eigenvalue weighted by atomic mass is 10.2. The first-order valence-corrected chi connectivity index (χ1v) is 6.18. The Hall–Kier alpha value is -0.680. The Bertz CT molecular complexity index is 365. The zero-order valence-electron chi connectivity index (χ0n) is 7.27. The molecule has 1 atom stereocenters. The average Bonchev–Trinajstić information content (AvgIpc) is 2.07. The number of carboxylic acids is 1. The van der Waals surface area contributed by atoms with Gasteiger partial charge in [-0.25, -0.2) is 0 Å². The van der Waals surface area contributed by atoms with Crippen LogP contribution in [-0.4, -0.2) is 21.0 Å². The van der Waals surface area contributed by atoms with Crippen molar-refractivity contribution < 1.29 is 14.1 Å². The van der Waals surface area contributed by atoms with Gasteiger partial charge in [-0.1, -0.05) is 34.1 Å². The minimum atomic E-state index is -1.34. The van der Waals surface area contributed by atoms with Crippen molar-refractivity contribution >= 4 is 32.7 Å². The van der Waals surface area contributed by atoms with E-state index in [1.807, 2.05) is 24.3 Å². The van der Waals surface area contributed by atoms with E-state index in [1.165, 1.54) is 0 Å². The number of aliphatic carboxylic acids is 1. The molecule has 0 spiro atoms. The van der Waals surface area contributed by atoms with Gasteiger partial charge in [-0.05, 0) is 11.6 Å². The fourth-order valence-corrected chi connectivity index (χ4v) is 2.56. The van der Waals surface area contributed by atoms with Crippen LogP contribution in [0.4, 0.5) is 0 Å². The summed E-state index contributed by atoms with van der Waals surface area (Å²) in [5.41, 5.74) is 0.868. The highest BCUT2D eigenvalue weighted by Crippen LogP contribution is 2.17. The van der Waals surface area contributed by atoms with Gasteiger partial charge in [-0.15, -0.1) is 0 Å². The van der Waals surface area contributed by atoms with Crippen LogP contribution in [0, 0.1) is 0 Å². The maximum atomic E-state index is 11.3. The molecular weight excluding hydrogens is 268 g/mol. The van der Waals surface area contributed by atoms with Gasteiger partial charge < -0.3 is 5.11 Å². The number of hydrogen-bond acceptors (Lipinski definition) is 2. The second-order valence-corrected chi connectivity index (χ2v) is 5.02. The van der Waals surface area contributed by atoms with E-state index in [2.05, 4.69) is 15.9 Å². The van der Waals surface area contributed by atoms with Gasteiger partial charge in [0, 0.05) is 15.3 Å². The number of hydrogen-bond donors (Lipinski definition) is 1. The molecule has 1 unspecified atom stereocenters. The van der Waals surface area contributed by atoms with Crippen LogP contribution in [0.1, 0.15) is 5.56 Å². The first-order chi connectivity index (χ1) is 6.59. The number of halogens is 1. The molecule has 1 N–H and O–H groups in total. The molecule has 0 saturated heterocycles. The van der Waals surface area contributed by atoms with Crippen molar-refractivity contribution in [2.45, 2.75) is 5.75 Å². The SMILES string of the molecule is O=C(O)CS(=O)Cc1ccccc1Br. The molecular formula is C9H9BrO3S. The monoisotopic (exact) mass is 276 g/mol. The predicted octanol–water partition coefficient (Wildman–Crippen LogP) is 1.78. The predicted molar refractivity (Wildman–Crippen MR) is 58.5 cm³/mol. The van der Waals surface area contributed by atoms with Crippen LogP contribution in [0.2, 0.25) is 0 Å². The molecule has 3 nitrogen and oxygen atoms in total. The normalized spacial score (nSPS) is 12.4. The molecule has 5 heteroatoms. The minimum Gasteiger partial charge on any atom is -0.481 e. The highest BCUT2D eigenvalue weighted by atomic mass is 79.9. The summed E-state index contributed by atoms with van der Waals surface area (Å²) in [4.78, 5) is 10.3. The number of carboxylic acid groups (broad SMARTS) is 1. The Labute approximate surface area is 92.7 Å². The molecule has 0 bridgehead atoms. The van der Waals surface area contributed by atoms with Gasteiger partial charge in [-0.3, -0.25) is 9.00 Å². The minimum absolute atomic E-state index is 0.272. The third-order valence-corrected chi connectivity index (χ3v) is 3.53. The van der Waals surface area contributed by atoms with Gasteiger partial charge in [0.15, 0.2) is 0 Å². The van der Waals surface area contributed by atoms with Crippen LogP contribution in [0.3, 0.4) is 0 Å². The topological polar surface area (TPSA) is 54.4 Å². The standard InChI is InChI=1S/C9H9BrO3S/c10-8-4-2-1-3-7(8)5-14(13)6-9(11)12/h1-4H,5-6H2,(H,11,12). The molecule has 1 rings (SSSR count). The van der Waals surface area contributed by atoms with Crippen molar-refractivity contribution in [3.8, 4) is 0 Å². The first-order valence-electron chi connectivity index (χ1n) is 3.90. The van der Waals surface area contributed by atoms with E-state index < -0.39 is 16.8 Å². The van der Waals surface area contributed by atoms with Crippen molar-refractivity contribution in [2.24, 2.45) is 0 Å². The van der Waals surface area contributed by atoms with Crippen molar-refractivity contribution in [3.05, 3.63) is 34.3 Å². The van der Waals surface area contributed by atoms with Crippen LogP contribution in [0.25, 0.3) is 0 Å². The van der Waals surface area contributed by atoms with Crippen molar-refractivity contribution in [1.82, 2.24) is 0 Å². The lowest BCUT2D eigenvalue weighted by Gasteiger charge is -2.02. The molecule has 14 heavy (non-hydrogen) atoms. The molecule has 0 fully saturated rings. The lowest BCUT2D eigenvalue weighted by Crippen LogP contribution is -2.10. The Morgan fingerprint density at radius 3 is 2.64 bits per heavy atom. The first kappa shape index (κ1) is 11.4. The maximum absolute atomic E-state index is 11.3. The summed E-state index contributed by atoms with van der Waals surface area (Å²) in [7, 11) is -1.34. The molecule has 0 saturated carbocycles. The van der Waals surface area contributed by atoms with E-state index in [1.54, 1.807) is 0 Å². The zero-order valence-corrected chi connectivity index (χ0v) is 9.68. The van der Waals surface area contributed by atoms with Gasteiger partial charge in [0.1, 0.15) is 5.75 Å². The molecule has 0 aromatic heterocycles. The van der Waals surface area contributed by atoms with Crippen molar-refractivity contribution in [2.75, 3.05) is 5.75 Å². The third-order valence-electron chi connectivity index (χ3n) is 1.56. The van der Waals surface area contributed by atoms with E-state index in [0.717, 1.165) is 10.0 Å². The van der Waals surface area contributed by atoms with Crippen LogP contribution in [0.15, 0.2) is 28.7 Å². The Morgan fingerprint density at radius 1 is 1.43 bits per heavy atom. The second kappa shape index (κ2) is 5.26. The molecule has 0 amide bonds. The highest BCUT2D eigenvalue weighted by Gasteiger charge is 2.08. The average molecular weight is 277 g/mol. The molecule has 0 aliphatic rings. The fourth-order valence-electron chi connectivity index (χ4n) is 0.978. The molecule has 0 heterocycles. The Kier molecular flexibility index (Phi) is 4.28. The van der Waals surface area contributed by atoms with Crippen LogP contribution in [-0.2, 0) is 21.3 Å². The number of rotatable bonds is 4. The lowest BCUT2D eigenvalue weighted by molar-refractivity contribution is -0.133. The summed E-state index contributed by atoms with van der Waals surface area (Å²) >= 11 is 3.31. The van der Waals surface area contributed by atoms with Gasteiger partial charge in [-0.2, -0.15) is 0 Å². The van der Waals surface area contributed by atoms with Crippen molar-refractivity contribution in [1.29, 1.82) is 0 Å². The van der Waals surface area contributed by atoms with E-state index in [0.29, 0.717) is 0 Å². The van der Waals surface area contributed by atoms with E-state index in [4.69, 9.17) is 5.11 Å².